The third-order valence-electron chi connectivity index (χ3n) is 3.77. The van der Waals surface area contributed by atoms with Crippen molar-refractivity contribution in [3.05, 3.63) is 78.0 Å². The number of nitrogens with zero attached hydrogens (tertiary/aromatic N) is 2. The molecule has 4 nitrogen and oxygen atoms in total. The van der Waals surface area contributed by atoms with E-state index in [1.54, 1.807) is 22.6 Å². The van der Waals surface area contributed by atoms with E-state index in [9.17, 15) is 4.79 Å². The van der Waals surface area contributed by atoms with Gasteiger partial charge in [0, 0.05) is 28.3 Å². The zero-order chi connectivity index (χ0) is 17.6. The number of nitrogens with one attached hydrogen (secondary N) is 1. The first-order valence-electron chi connectivity index (χ1n) is 8.25. The van der Waals surface area contributed by atoms with Gasteiger partial charge in [0.15, 0.2) is 0 Å². The Labute approximate surface area is 152 Å². The lowest BCUT2D eigenvalue weighted by molar-refractivity contribution is 0.102. The van der Waals surface area contributed by atoms with Gasteiger partial charge in [0.05, 0.1) is 6.20 Å². The predicted octanol–water partition coefficient (Wildman–Crippen LogP) is 5.01. The van der Waals surface area contributed by atoms with Gasteiger partial charge in [0.1, 0.15) is 5.82 Å². The van der Waals surface area contributed by atoms with Crippen molar-refractivity contribution in [3.63, 3.8) is 0 Å². The highest BCUT2D eigenvalue weighted by Gasteiger charge is 2.11. The molecular weight excluding hydrogens is 330 g/mol. The lowest BCUT2D eigenvalue weighted by Crippen LogP contribution is -2.16. The maximum atomic E-state index is 12.4. The van der Waals surface area contributed by atoms with E-state index in [0.29, 0.717) is 11.4 Å². The summed E-state index contributed by atoms with van der Waals surface area (Å²) in [5.74, 6) is 1.47. The van der Waals surface area contributed by atoms with Crippen molar-refractivity contribution in [2.24, 2.45) is 0 Å². The van der Waals surface area contributed by atoms with E-state index in [1.165, 1.54) is 10.5 Å². The summed E-state index contributed by atoms with van der Waals surface area (Å²) in [4.78, 5) is 13.7. The smallest absolute Gasteiger partial charge is 0.256 e. The van der Waals surface area contributed by atoms with Gasteiger partial charge < -0.3 is 5.32 Å². The topological polar surface area (TPSA) is 46.9 Å². The first kappa shape index (κ1) is 17.3. The summed E-state index contributed by atoms with van der Waals surface area (Å²) in [5, 5.41) is 7.15. The van der Waals surface area contributed by atoms with Crippen LogP contribution in [-0.4, -0.2) is 15.7 Å². The number of aromatic nitrogens is 2. The number of amides is 1. The predicted molar refractivity (Wildman–Crippen MR) is 103 cm³/mol. The van der Waals surface area contributed by atoms with Crippen LogP contribution in [0.4, 0.5) is 5.82 Å². The van der Waals surface area contributed by atoms with Gasteiger partial charge in [-0.3, -0.25) is 4.79 Å². The molecule has 0 unspecified atom stereocenters. The Morgan fingerprint density at radius 1 is 1.08 bits per heavy atom. The molecule has 0 bridgehead atoms. The Morgan fingerprint density at radius 3 is 2.48 bits per heavy atom. The third-order valence-corrected chi connectivity index (χ3v) is 4.85. The van der Waals surface area contributed by atoms with E-state index in [-0.39, 0.29) is 11.9 Å². The van der Waals surface area contributed by atoms with Crippen LogP contribution in [0.15, 0.2) is 71.8 Å². The second-order valence-corrected chi connectivity index (χ2v) is 7.06. The molecule has 5 heteroatoms. The Hall–Kier alpha value is -2.53. The van der Waals surface area contributed by atoms with Gasteiger partial charge in [0.2, 0.25) is 0 Å². The molecule has 0 radical (unpaired) electrons. The second-order valence-electron chi connectivity index (χ2n) is 6.01. The Morgan fingerprint density at radius 2 is 1.80 bits per heavy atom. The first-order valence-corrected chi connectivity index (χ1v) is 9.23. The highest BCUT2D eigenvalue weighted by molar-refractivity contribution is 7.98. The summed E-state index contributed by atoms with van der Waals surface area (Å²) in [6, 6.07) is 20.0. The van der Waals surface area contributed by atoms with Crippen molar-refractivity contribution in [2.75, 3.05) is 5.32 Å². The van der Waals surface area contributed by atoms with Crippen molar-refractivity contribution in [2.45, 2.75) is 30.5 Å². The SMILES string of the molecule is CC(C)n1nccc1NC(=O)c1ccc(CSc2ccccc2)cc1. The molecule has 1 N–H and O–H groups in total. The molecule has 0 aliphatic rings. The van der Waals surface area contributed by atoms with Crippen LogP contribution < -0.4 is 5.32 Å². The molecule has 0 fully saturated rings. The van der Waals surface area contributed by atoms with Crippen molar-refractivity contribution < 1.29 is 4.79 Å². The maximum Gasteiger partial charge on any atom is 0.256 e. The molecule has 0 atom stereocenters. The van der Waals surface area contributed by atoms with Crippen LogP contribution >= 0.6 is 11.8 Å². The summed E-state index contributed by atoms with van der Waals surface area (Å²) in [7, 11) is 0. The van der Waals surface area contributed by atoms with Crippen LogP contribution in [0, 0.1) is 0 Å². The highest BCUT2D eigenvalue weighted by atomic mass is 32.2. The Kier molecular flexibility index (Phi) is 5.56. The van der Waals surface area contributed by atoms with Gasteiger partial charge in [-0.1, -0.05) is 30.3 Å². The van der Waals surface area contributed by atoms with Gasteiger partial charge >= 0.3 is 0 Å². The maximum absolute atomic E-state index is 12.4. The minimum Gasteiger partial charge on any atom is -0.307 e. The summed E-state index contributed by atoms with van der Waals surface area (Å²) >= 11 is 1.78. The summed E-state index contributed by atoms with van der Waals surface area (Å²) in [5.41, 5.74) is 1.84. The fourth-order valence-corrected chi connectivity index (χ4v) is 3.32. The minimum absolute atomic E-state index is 0.121. The molecule has 1 aromatic heterocycles. The lowest BCUT2D eigenvalue weighted by atomic mass is 10.1. The van der Waals surface area contributed by atoms with Crippen LogP contribution in [0.3, 0.4) is 0 Å². The molecule has 1 heterocycles. The van der Waals surface area contributed by atoms with Gasteiger partial charge in [0.25, 0.3) is 5.91 Å². The quantitative estimate of drug-likeness (QED) is 0.635. The Balaban J connectivity index is 1.61. The molecule has 128 valence electrons. The van der Waals surface area contributed by atoms with Crippen molar-refractivity contribution >= 4 is 23.5 Å². The van der Waals surface area contributed by atoms with Crippen LogP contribution in [0.1, 0.15) is 35.8 Å². The summed E-state index contributed by atoms with van der Waals surface area (Å²) in [6.07, 6.45) is 1.69. The molecule has 3 rings (SSSR count). The van der Waals surface area contributed by atoms with E-state index in [4.69, 9.17) is 0 Å². The van der Waals surface area contributed by atoms with Gasteiger partial charge in [-0.05, 0) is 43.7 Å². The van der Waals surface area contributed by atoms with Gasteiger partial charge in [-0.2, -0.15) is 5.10 Å². The standard InChI is InChI=1S/C20H21N3OS/c1-15(2)23-19(12-13-21-23)22-20(24)17-10-8-16(9-11-17)14-25-18-6-4-3-5-7-18/h3-13,15H,14H2,1-2H3,(H,22,24). The molecule has 0 saturated heterocycles. The number of anilines is 1. The van der Waals surface area contributed by atoms with Crippen molar-refractivity contribution in [1.82, 2.24) is 9.78 Å². The summed E-state index contributed by atoms with van der Waals surface area (Å²) in [6.45, 7) is 4.06. The first-order chi connectivity index (χ1) is 12.1. The van der Waals surface area contributed by atoms with Crippen LogP contribution in [0.5, 0.6) is 0 Å². The molecule has 1 amide bonds. The average Bonchev–Trinajstić information content (AvgIpc) is 3.09. The monoisotopic (exact) mass is 351 g/mol. The van der Waals surface area contributed by atoms with E-state index in [2.05, 4.69) is 22.5 Å². The second kappa shape index (κ2) is 8.03. The van der Waals surface area contributed by atoms with Gasteiger partial charge in [-0.25, -0.2) is 4.68 Å². The number of rotatable bonds is 6. The number of carbonyl (C=O) groups excluding carboxylic acids is 1. The average molecular weight is 351 g/mol. The highest BCUT2D eigenvalue weighted by Crippen LogP contribution is 2.22. The molecule has 3 aromatic rings. The van der Waals surface area contributed by atoms with E-state index in [0.717, 1.165) is 5.75 Å². The zero-order valence-electron chi connectivity index (χ0n) is 14.3. The largest absolute Gasteiger partial charge is 0.307 e. The fourth-order valence-electron chi connectivity index (χ4n) is 2.45. The number of benzene rings is 2. The van der Waals surface area contributed by atoms with Crippen LogP contribution in [0.2, 0.25) is 0 Å². The molecule has 0 aliphatic carbocycles. The van der Waals surface area contributed by atoms with Gasteiger partial charge in [-0.15, -0.1) is 11.8 Å². The van der Waals surface area contributed by atoms with Crippen LogP contribution in [0.25, 0.3) is 0 Å². The molecular formula is C20H21N3OS. The normalized spacial score (nSPS) is 10.8. The number of carbonyl (C=O) groups is 1. The number of hydrogen-bond acceptors (Lipinski definition) is 3. The number of thioether (sulfide) groups is 1. The molecule has 2 aromatic carbocycles. The van der Waals surface area contributed by atoms with E-state index >= 15 is 0 Å². The number of hydrogen-bond donors (Lipinski definition) is 1. The van der Waals surface area contributed by atoms with E-state index in [1.807, 2.05) is 62.4 Å². The van der Waals surface area contributed by atoms with Crippen molar-refractivity contribution in [3.8, 4) is 0 Å². The molecule has 25 heavy (non-hydrogen) atoms. The van der Waals surface area contributed by atoms with Crippen molar-refractivity contribution in [1.29, 1.82) is 0 Å². The zero-order valence-corrected chi connectivity index (χ0v) is 15.2. The molecule has 0 saturated carbocycles. The van der Waals surface area contributed by atoms with E-state index < -0.39 is 0 Å². The van der Waals surface area contributed by atoms with Crippen LogP contribution in [-0.2, 0) is 5.75 Å². The fraction of sp³-hybridized carbons (Fsp3) is 0.200. The minimum atomic E-state index is -0.121. The molecule has 0 aliphatic heterocycles. The third kappa shape index (κ3) is 4.51. The molecule has 0 spiro atoms. The Bertz CT molecular complexity index is 826. The lowest BCUT2D eigenvalue weighted by Gasteiger charge is -2.12. The summed E-state index contributed by atoms with van der Waals surface area (Å²) < 4.78 is 1.79.